The van der Waals surface area contributed by atoms with Gasteiger partial charge < -0.3 is 4.90 Å². The van der Waals surface area contributed by atoms with Gasteiger partial charge in [-0.3, -0.25) is 0 Å². The molecule has 0 saturated heterocycles. The number of rotatable bonds is 5. The molecule has 0 bridgehead atoms. The van der Waals surface area contributed by atoms with Crippen molar-refractivity contribution in [3.63, 3.8) is 0 Å². The van der Waals surface area contributed by atoms with Gasteiger partial charge in [0.05, 0.1) is 0 Å². The second-order valence-corrected chi connectivity index (χ2v) is 15.5. The quantitative estimate of drug-likeness (QED) is 0.180. The van der Waals surface area contributed by atoms with E-state index in [1.165, 1.54) is 72.3 Å². The Balaban J connectivity index is 1.07. The minimum Gasteiger partial charge on any atom is -0.310 e. The lowest BCUT2D eigenvalue weighted by Gasteiger charge is -2.29. The summed E-state index contributed by atoms with van der Waals surface area (Å²) in [4.78, 5) is 4.02. The monoisotopic (exact) mass is 647 g/mol. The van der Waals surface area contributed by atoms with E-state index in [0.717, 1.165) is 29.6 Å². The predicted molar refractivity (Wildman–Crippen MR) is 210 cm³/mol. The van der Waals surface area contributed by atoms with Crippen LogP contribution in [0.25, 0.3) is 44.0 Å². The highest BCUT2D eigenvalue weighted by Crippen LogP contribution is 2.57. The van der Waals surface area contributed by atoms with Crippen LogP contribution < -0.4 is 4.90 Å². The highest BCUT2D eigenvalue weighted by atomic mass is 32.1. The molecule has 1 fully saturated rings. The normalized spacial score (nSPS) is 19.3. The predicted octanol–water partition coefficient (Wildman–Crippen LogP) is 13.4. The van der Waals surface area contributed by atoms with Crippen LogP contribution in [-0.4, -0.2) is 0 Å². The fraction of sp³-hybridized carbons (Fsp3) is 0.149. The average Bonchev–Trinajstić information content (AvgIpc) is 3.86. The summed E-state index contributed by atoms with van der Waals surface area (Å²) >= 11 is 2.02. The molecule has 1 nitrogen and oxygen atoms in total. The smallest absolute Gasteiger partial charge is 0.0465 e. The standard InChI is InChI=1S/C47H37NS/c1-47(2)43-15-8-4-7-12-38(43)39-27-25-36(29-44(39)47)48(34-21-16-31(17-22-34)30-10-5-3-6-11-30)35-23-18-32(19-24-35)37-13-9-14-40-41-26-20-33-28-42(33)46(41)49-45(37)40/h3-11,13-27,29,33,42H,12,28H2,1-2H3. The number of thiophene rings is 1. The molecule has 4 aliphatic carbocycles. The Kier molecular flexibility index (Phi) is 6.42. The van der Waals surface area contributed by atoms with Crippen LogP contribution in [0.15, 0.2) is 151 Å². The molecule has 6 aromatic rings. The molecule has 1 saturated carbocycles. The lowest BCUT2D eigenvalue weighted by atomic mass is 9.81. The van der Waals surface area contributed by atoms with Crippen molar-refractivity contribution in [2.45, 2.75) is 38.0 Å². The summed E-state index contributed by atoms with van der Waals surface area (Å²) in [6.45, 7) is 4.76. The van der Waals surface area contributed by atoms with Crippen LogP contribution in [0, 0.1) is 5.92 Å². The Labute approximate surface area is 292 Å². The summed E-state index contributed by atoms with van der Waals surface area (Å²) in [5.41, 5.74) is 15.6. The molecular weight excluding hydrogens is 611 g/mol. The Bertz CT molecular complexity index is 2400. The SMILES string of the molecule is CC1(C)C2=C(CC=CC=C2)c2ccc(N(c3ccc(-c4ccccc4)cc3)c3ccc(-c4cccc5c6c(sc45)C4CC4C=C6)cc3)cc21. The molecule has 10 rings (SSSR count). The summed E-state index contributed by atoms with van der Waals surface area (Å²) in [5, 5.41) is 1.40. The molecule has 0 N–H and O–H groups in total. The minimum absolute atomic E-state index is 0.0654. The Morgan fingerprint density at radius 1 is 0.673 bits per heavy atom. The molecule has 1 heterocycles. The van der Waals surface area contributed by atoms with Crippen molar-refractivity contribution in [1.29, 1.82) is 0 Å². The first kappa shape index (κ1) is 28.8. The van der Waals surface area contributed by atoms with Gasteiger partial charge in [0.15, 0.2) is 0 Å². The van der Waals surface area contributed by atoms with Crippen molar-refractivity contribution in [3.05, 3.63) is 173 Å². The number of benzene rings is 5. The van der Waals surface area contributed by atoms with Crippen LogP contribution >= 0.6 is 11.3 Å². The first-order valence-corrected chi connectivity index (χ1v) is 18.4. The van der Waals surface area contributed by atoms with Crippen LogP contribution in [-0.2, 0) is 5.41 Å². The number of fused-ring (bicyclic) bond motifs is 7. The first-order chi connectivity index (χ1) is 24.0. The van der Waals surface area contributed by atoms with E-state index in [0.29, 0.717) is 0 Å². The Hall–Kier alpha value is -5.18. The van der Waals surface area contributed by atoms with Crippen molar-refractivity contribution in [2.75, 3.05) is 4.90 Å². The maximum Gasteiger partial charge on any atom is 0.0465 e. The first-order valence-electron chi connectivity index (χ1n) is 17.6. The number of nitrogens with zero attached hydrogens (tertiary/aromatic N) is 1. The average molecular weight is 648 g/mol. The summed E-state index contributed by atoms with van der Waals surface area (Å²) < 4.78 is 1.42. The third kappa shape index (κ3) is 4.58. The summed E-state index contributed by atoms with van der Waals surface area (Å²) in [6, 6.07) is 42.9. The second-order valence-electron chi connectivity index (χ2n) is 14.5. The maximum atomic E-state index is 2.44. The lowest BCUT2D eigenvalue weighted by Crippen LogP contribution is -2.17. The lowest BCUT2D eigenvalue weighted by molar-refractivity contribution is 0.654. The molecule has 0 aliphatic heterocycles. The van der Waals surface area contributed by atoms with Gasteiger partial charge in [-0.2, -0.15) is 0 Å². The van der Waals surface area contributed by atoms with Crippen molar-refractivity contribution < 1.29 is 0 Å². The summed E-state index contributed by atoms with van der Waals surface area (Å²) in [5.74, 6) is 1.50. The van der Waals surface area contributed by atoms with Crippen molar-refractivity contribution in [2.24, 2.45) is 5.92 Å². The summed E-state index contributed by atoms with van der Waals surface area (Å²) in [7, 11) is 0. The summed E-state index contributed by atoms with van der Waals surface area (Å²) in [6.07, 6.45) is 16.1. The van der Waals surface area contributed by atoms with E-state index >= 15 is 0 Å². The van der Waals surface area contributed by atoms with E-state index in [-0.39, 0.29) is 5.41 Å². The van der Waals surface area contributed by atoms with Crippen molar-refractivity contribution in [3.8, 4) is 22.3 Å². The molecule has 1 aromatic heterocycles. The highest BCUT2D eigenvalue weighted by molar-refractivity contribution is 7.20. The molecule has 0 radical (unpaired) electrons. The zero-order valence-corrected chi connectivity index (χ0v) is 28.7. The van der Waals surface area contributed by atoms with Gasteiger partial charge in [-0.15, -0.1) is 11.3 Å². The van der Waals surface area contributed by atoms with E-state index in [9.17, 15) is 0 Å². The molecule has 0 amide bonds. The van der Waals surface area contributed by atoms with Crippen LogP contribution in [0.3, 0.4) is 0 Å². The molecular formula is C47H37NS. The zero-order chi connectivity index (χ0) is 32.7. The molecule has 2 atom stereocenters. The van der Waals surface area contributed by atoms with Gasteiger partial charge in [-0.05, 0) is 105 Å². The van der Waals surface area contributed by atoms with Gasteiger partial charge in [-0.25, -0.2) is 0 Å². The number of anilines is 3. The molecule has 49 heavy (non-hydrogen) atoms. The topological polar surface area (TPSA) is 3.24 Å². The van der Waals surface area contributed by atoms with E-state index in [1.54, 1.807) is 4.88 Å². The zero-order valence-electron chi connectivity index (χ0n) is 27.9. The van der Waals surface area contributed by atoms with Crippen LogP contribution in [0.1, 0.15) is 54.2 Å². The van der Waals surface area contributed by atoms with Gasteiger partial charge in [0.2, 0.25) is 0 Å². The van der Waals surface area contributed by atoms with Gasteiger partial charge in [0.1, 0.15) is 0 Å². The molecule has 236 valence electrons. The fourth-order valence-electron chi connectivity index (χ4n) is 8.51. The van der Waals surface area contributed by atoms with Crippen LogP contribution in [0.2, 0.25) is 0 Å². The van der Waals surface area contributed by atoms with Gasteiger partial charge in [0.25, 0.3) is 0 Å². The minimum atomic E-state index is -0.0654. The van der Waals surface area contributed by atoms with Gasteiger partial charge in [0, 0.05) is 43.4 Å². The third-order valence-corrected chi connectivity index (χ3v) is 12.6. The van der Waals surface area contributed by atoms with E-state index < -0.39 is 0 Å². The largest absolute Gasteiger partial charge is 0.310 e. The van der Waals surface area contributed by atoms with Crippen LogP contribution in [0.5, 0.6) is 0 Å². The molecule has 4 aliphatic rings. The van der Waals surface area contributed by atoms with E-state index in [2.05, 4.69) is 170 Å². The molecule has 5 aromatic carbocycles. The molecule has 2 unspecified atom stereocenters. The Morgan fingerprint density at radius 2 is 1.41 bits per heavy atom. The highest BCUT2D eigenvalue weighted by Gasteiger charge is 2.41. The van der Waals surface area contributed by atoms with E-state index in [1.807, 2.05) is 11.3 Å². The molecule has 0 spiro atoms. The van der Waals surface area contributed by atoms with E-state index in [4.69, 9.17) is 0 Å². The van der Waals surface area contributed by atoms with Crippen molar-refractivity contribution >= 4 is 50.1 Å². The third-order valence-electron chi connectivity index (χ3n) is 11.2. The van der Waals surface area contributed by atoms with Gasteiger partial charge in [-0.1, -0.05) is 129 Å². The number of hydrogen-bond donors (Lipinski definition) is 0. The molecule has 2 heteroatoms. The fourth-order valence-corrected chi connectivity index (χ4v) is 10.0. The van der Waals surface area contributed by atoms with Crippen molar-refractivity contribution in [1.82, 2.24) is 0 Å². The Morgan fingerprint density at radius 3 is 2.20 bits per heavy atom. The number of hydrogen-bond acceptors (Lipinski definition) is 2. The number of allylic oxidation sites excluding steroid dienone is 7. The van der Waals surface area contributed by atoms with Crippen LogP contribution in [0.4, 0.5) is 17.1 Å². The second kappa shape index (κ2) is 10.9. The maximum absolute atomic E-state index is 2.44. The van der Waals surface area contributed by atoms with Gasteiger partial charge >= 0.3 is 0 Å².